The summed E-state index contributed by atoms with van der Waals surface area (Å²) >= 11 is 0. The van der Waals surface area contributed by atoms with Gasteiger partial charge in [-0.1, -0.05) is 68.7 Å². The molecule has 3 rings (SSSR count). The number of rotatable bonds is 4. The van der Waals surface area contributed by atoms with E-state index in [2.05, 4.69) is 54.8 Å². The molecule has 1 fully saturated rings. The summed E-state index contributed by atoms with van der Waals surface area (Å²) in [6.07, 6.45) is 7.63. The van der Waals surface area contributed by atoms with Crippen molar-refractivity contribution < 1.29 is 0 Å². The number of hydrogen-bond acceptors (Lipinski definition) is 2. The smallest absolute Gasteiger partial charge is 0.0304 e. The van der Waals surface area contributed by atoms with Gasteiger partial charge >= 0.3 is 0 Å². The first-order valence-electron chi connectivity index (χ1n) is 8.16. The Hall–Kier alpha value is -1.38. The molecule has 2 heteroatoms. The Morgan fingerprint density at radius 3 is 2.52 bits per heavy atom. The number of nitrogens with two attached hydrogens (primary N) is 1. The molecule has 0 aliphatic heterocycles. The van der Waals surface area contributed by atoms with Crippen molar-refractivity contribution in [2.24, 2.45) is 11.3 Å². The highest BCUT2D eigenvalue weighted by Gasteiger charge is 2.34. The van der Waals surface area contributed by atoms with Gasteiger partial charge in [-0.05, 0) is 41.0 Å². The third-order valence-corrected chi connectivity index (χ3v) is 5.34. The highest BCUT2D eigenvalue weighted by molar-refractivity contribution is 5.85. The predicted octanol–water partition coefficient (Wildman–Crippen LogP) is 4.18. The summed E-state index contributed by atoms with van der Waals surface area (Å²) in [5.74, 6) is 5.93. The van der Waals surface area contributed by atoms with Crippen LogP contribution in [0.4, 0.5) is 0 Å². The molecule has 0 saturated heterocycles. The van der Waals surface area contributed by atoms with E-state index in [9.17, 15) is 0 Å². The van der Waals surface area contributed by atoms with Crippen molar-refractivity contribution in [2.45, 2.75) is 51.5 Å². The normalized spacial score (nSPS) is 19.5. The second-order valence-electron chi connectivity index (χ2n) is 6.78. The zero-order chi connectivity index (χ0) is 14.7. The van der Waals surface area contributed by atoms with E-state index < -0.39 is 0 Å². The molecule has 2 nitrogen and oxygen atoms in total. The Kier molecular flexibility index (Phi) is 4.27. The van der Waals surface area contributed by atoms with Gasteiger partial charge in [0.25, 0.3) is 0 Å². The Bertz CT molecular complexity index is 594. The molecular weight excluding hydrogens is 256 g/mol. The van der Waals surface area contributed by atoms with Crippen LogP contribution < -0.4 is 11.3 Å². The second-order valence-corrected chi connectivity index (χ2v) is 6.78. The van der Waals surface area contributed by atoms with Crippen molar-refractivity contribution in [3.8, 4) is 0 Å². The van der Waals surface area contributed by atoms with Gasteiger partial charge in [0.05, 0.1) is 0 Å². The lowest BCUT2D eigenvalue weighted by atomic mass is 9.69. The van der Waals surface area contributed by atoms with Crippen LogP contribution in [0.25, 0.3) is 10.8 Å². The van der Waals surface area contributed by atoms with Crippen molar-refractivity contribution in [2.75, 3.05) is 0 Å². The summed E-state index contributed by atoms with van der Waals surface area (Å²) in [5.41, 5.74) is 4.85. The van der Waals surface area contributed by atoms with Gasteiger partial charge in [-0.2, -0.15) is 0 Å². The summed E-state index contributed by atoms with van der Waals surface area (Å²) in [4.78, 5) is 0. The first kappa shape index (κ1) is 14.6. The minimum Gasteiger partial charge on any atom is -0.271 e. The average molecular weight is 282 g/mol. The maximum absolute atomic E-state index is 5.93. The van der Waals surface area contributed by atoms with Gasteiger partial charge in [-0.15, -0.1) is 0 Å². The number of fused-ring (bicyclic) bond motifs is 1. The van der Waals surface area contributed by atoms with Crippen molar-refractivity contribution in [3.05, 3.63) is 48.0 Å². The van der Waals surface area contributed by atoms with Crippen LogP contribution in [-0.2, 0) is 6.42 Å². The van der Waals surface area contributed by atoms with Crippen LogP contribution in [0.5, 0.6) is 0 Å². The highest BCUT2D eigenvalue weighted by Crippen LogP contribution is 2.40. The van der Waals surface area contributed by atoms with Crippen molar-refractivity contribution in [1.82, 2.24) is 5.43 Å². The lowest BCUT2D eigenvalue weighted by Crippen LogP contribution is -2.49. The van der Waals surface area contributed by atoms with E-state index in [-0.39, 0.29) is 0 Å². The van der Waals surface area contributed by atoms with Crippen molar-refractivity contribution in [3.63, 3.8) is 0 Å². The van der Waals surface area contributed by atoms with Gasteiger partial charge in [-0.3, -0.25) is 11.3 Å². The Balaban J connectivity index is 1.89. The third kappa shape index (κ3) is 2.97. The minimum absolute atomic E-state index is 0.323. The van der Waals surface area contributed by atoms with E-state index in [1.54, 1.807) is 0 Å². The van der Waals surface area contributed by atoms with Crippen LogP contribution >= 0.6 is 0 Å². The average Bonchev–Trinajstić information content (AvgIpc) is 2.53. The van der Waals surface area contributed by atoms with Crippen LogP contribution in [0, 0.1) is 5.41 Å². The summed E-state index contributed by atoms with van der Waals surface area (Å²) in [5, 5.41) is 2.68. The van der Waals surface area contributed by atoms with Gasteiger partial charge in [0, 0.05) is 6.04 Å². The molecule has 1 atom stereocenters. The molecule has 0 spiro atoms. The van der Waals surface area contributed by atoms with E-state index >= 15 is 0 Å². The molecule has 21 heavy (non-hydrogen) atoms. The molecular formula is C19H26N2. The van der Waals surface area contributed by atoms with Crippen LogP contribution in [0.3, 0.4) is 0 Å². The quantitative estimate of drug-likeness (QED) is 0.652. The van der Waals surface area contributed by atoms with E-state index in [1.165, 1.54) is 48.4 Å². The molecule has 0 radical (unpaired) electrons. The van der Waals surface area contributed by atoms with Crippen LogP contribution in [0.1, 0.15) is 44.6 Å². The highest BCUT2D eigenvalue weighted by atomic mass is 15.2. The fraction of sp³-hybridized carbons (Fsp3) is 0.474. The topological polar surface area (TPSA) is 38.0 Å². The van der Waals surface area contributed by atoms with Crippen LogP contribution in [-0.4, -0.2) is 6.04 Å². The van der Waals surface area contributed by atoms with Crippen LogP contribution in [0.15, 0.2) is 42.5 Å². The summed E-state index contributed by atoms with van der Waals surface area (Å²) in [6.45, 7) is 2.40. The fourth-order valence-electron chi connectivity index (χ4n) is 3.90. The molecule has 2 aromatic rings. The fourth-order valence-corrected chi connectivity index (χ4v) is 3.90. The number of hydrazine groups is 1. The third-order valence-electron chi connectivity index (χ3n) is 5.34. The Morgan fingerprint density at radius 2 is 1.76 bits per heavy atom. The molecule has 1 saturated carbocycles. The lowest BCUT2D eigenvalue weighted by molar-refractivity contribution is 0.144. The van der Waals surface area contributed by atoms with Gasteiger partial charge in [0.15, 0.2) is 0 Å². The molecule has 2 aromatic carbocycles. The standard InChI is InChI=1S/C19H26N2/c1-19(12-5-2-6-13-19)18(21-20)14-16-10-7-9-15-8-3-4-11-17(15)16/h3-4,7-11,18,21H,2,5-6,12-14,20H2,1H3. The van der Waals surface area contributed by atoms with Crippen molar-refractivity contribution in [1.29, 1.82) is 0 Å². The zero-order valence-electron chi connectivity index (χ0n) is 12.9. The molecule has 112 valence electrons. The monoisotopic (exact) mass is 282 g/mol. The summed E-state index contributed by atoms with van der Waals surface area (Å²) in [7, 11) is 0. The van der Waals surface area contributed by atoms with E-state index in [1.807, 2.05) is 0 Å². The first-order chi connectivity index (χ1) is 10.2. The molecule has 0 heterocycles. The van der Waals surface area contributed by atoms with Gasteiger partial charge in [0.2, 0.25) is 0 Å². The SMILES string of the molecule is CC1(C(Cc2cccc3ccccc23)NN)CCCCC1. The lowest BCUT2D eigenvalue weighted by Gasteiger charge is -2.40. The predicted molar refractivity (Wildman–Crippen MR) is 90.0 cm³/mol. The van der Waals surface area contributed by atoms with Gasteiger partial charge in [-0.25, -0.2) is 0 Å². The maximum Gasteiger partial charge on any atom is 0.0304 e. The molecule has 1 aliphatic rings. The first-order valence-corrected chi connectivity index (χ1v) is 8.16. The van der Waals surface area contributed by atoms with Crippen molar-refractivity contribution >= 4 is 10.8 Å². The second kappa shape index (κ2) is 6.17. The summed E-state index contributed by atoms with van der Waals surface area (Å²) < 4.78 is 0. The van der Waals surface area contributed by atoms with E-state index in [0.29, 0.717) is 11.5 Å². The zero-order valence-corrected chi connectivity index (χ0v) is 12.9. The largest absolute Gasteiger partial charge is 0.271 e. The molecule has 0 aromatic heterocycles. The van der Waals surface area contributed by atoms with E-state index in [0.717, 1.165) is 6.42 Å². The van der Waals surface area contributed by atoms with Gasteiger partial charge < -0.3 is 0 Å². The maximum atomic E-state index is 5.93. The molecule has 1 unspecified atom stereocenters. The number of benzene rings is 2. The number of nitrogens with one attached hydrogen (secondary N) is 1. The minimum atomic E-state index is 0.323. The molecule has 0 bridgehead atoms. The van der Waals surface area contributed by atoms with Gasteiger partial charge in [0.1, 0.15) is 0 Å². The Labute approximate surface area is 127 Å². The molecule has 3 N–H and O–H groups in total. The number of hydrogen-bond donors (Lipinski definition) is 2. The molecule has 1 aliphatic carbocycles. The molecule has 0 amide bonds. The Morgan fingerprint density at radius 1 is 1.05 bits per heavy atom. The van der Waals surface area contributed by atoms with E-state index in [4.69, 9.17) is 5.84 Å². The van der Waals surface area contributed by atoms with Crippen LogP contribution in [0.2, 0.25) is 0 Å². The summed E-state index contributed by atoms with van der Waals surface area (Å²) in [6, 6.07) is 15.6.